The number of carbonyl (C=O) groups is 1. The Bertz CT molecular complexity index is 425. The average Bonchev–Trinajstić information content (AvgIpc) is 2.81. The second-order valence-corrected chi connectivity index (χ2v) is 4.90. The number of furan rings is 1. The van der Waals surface area contributed by atoms with Crippen molar-refractivity contribution in [3.63, 3.8) is 0 Å². The predicted octanol–water partition coefficient (Wildman–Crippen LogP) is 1.76. The number of carbonyl (C=O) groups excluding carboxylic acids is 1. The van der Waals surface area contributed by atoms with Gasteiger partial charge in [0.05, 0.1) is 6.04 Å². The fraction of sp³-hybridized carbons (Fsp3) is 0.615. The lowest BCUT2D eigenvalue weighted by Gasteiger charge is -2.24. The molecule has 1 aliphatic rings. The molecule has 4 nitrogen and oxygen atoms in total. The van der Waals surface area contributed by atoms with Gasteiger partial charge in [-0.2, -0.15) is 0 Å². The highest BCUT2D eigenvalue weighted by Crippen LogP contribution is 2.31. The van der Waals surface area contributed by atoms with E-state index in [4.69, 9.17) is 10.2 Å². The summed E-state index contributed by atoms with van der Waals surface area (Å²) in [5.74, 6) is 2.30. The SMILES string of the molecule is Cc1cc(C(C)N2CC(CN)CC2=O)c(C)o1. The first-order chi connectivity index (χ1) is 8.02. The molecule has 2 atom stereocenters. The summed E-state index contributed by atoms with van der Waals surface area (Å²) in [5.41, 5.74) is 6.74. The van der Waals surface area contributed by atoms with Crippen LogP contribution < -0.4 is 5.73 Å². The van der Waals surface area contributed by atoms with Gasteiger partial charge in [0, 0.05) is 18.5 Å². The van der Waals surface area contributed by atoms with E-state index in [9.17, 15) is 4.79 Å². The maximum Gasteiger partial charge on any atom is 0.223 e. The number of likely N-dealkylation sites (tertiary alicyclic amines) is 1. The minimum Gasteiger partial charge on any atom is -0.466 e. The fourth-order valence-electron chi connectivity index (χ4n) is 2.57. The van der Waals surface area contributed by atoms with Crippen molar-refractivity contribution in [2.75, 3.05) is 13.1 Å². The van der Waals surface area contributed by atoms with Crippen LogP contribution in [0.15, 0.2) is 10.5 Å². The van der Waals surface area contributed by atoms with E-state index >= 15 is 0 Å². The fourth-order valence-corrected chi connectivity index (χ4v) is 2.57. The zero-order valence-electron chi connectivity index (χ0n) is 10.7. The molecule has 0 aromatic carbocycles. The van der Waals surface area contributed by atoms with E-state index in [2.05, 4.69) is 0 Å². The summed E-state index contributed by atoms with van der Waals surface area (Å²) in [6.45, 7) is 7.27. The van der Waals surface area contributed by atoms with Gasteiger partial charge in [0.2, 0.25) is 5.91 Å². The maximum absolute atomic E-state index is 11.9. The summed E-state index contributed by atoms with van der Waals surface area (Å²) in [5, 5.41) is 0. The van der Waals surface area contributed by atoms with Gasteiger partial charge < -0.3 is 15.1 Å². The third-order valence-corrected chi connectivity index (χ3v) is 3.57. The first kappa shape index (κ1) is 12.2. The van der Waals surface area contributed by atoms with Gasteiger partial charge >= 0.3 is 0 Å². The molecule has 17 heavy (non-hydrogen) atoms. The summed E-state index contributed by atoms with van der Waals surface area (Å²) in [4.78, 5) is 13.8. The Hall–Kier alpha value is -1.29. The Balaban J connectivity index is 2.18. The Labute approximate surface area is 102 Å². The van der Waals surface area contributed by atoms with Crippen molar-refractivity contribution in [1.29, 1.82) is 0 Å². The molecular weight excluding hydrogens is 216 g/mol. The topological polar surface area (TPSA) is 59.5 Å². The van der Waals surface area contributed by atoms with E-state index in [1.165, 1.54) is 0 Å². The van der Waals surface area contributed by atoms with Crippen LogP contribution in [0.5, 0.6) is 0 Å². The molecule has 4 heteroatoms. The number of rotatable bonds is 3. The van der Waals surface area contributed by atoms with Crippen LogP contribution in [0.3, 0.4) is 0 Å². The number of hydrogen-bond acceptors (Lipinski definition) is 3. The molecule has 94 valence electrons. The molecule has 1 aromatic heterocycles. The van der Waals surface area contributed by atoms with Crippen molar-refractivity contribution < 1.29 is 9.21 Å². The van der Waals surface area contributed by atoms with Crippen LogP contribution in [0.4, 0.5) is 0 Å². The van der Waals surface area contributed by atoms with Crippen LogP contribution in [0.25, 0.3) is 0 Å². The molecular formula is C13H20N2O2. The molecule has 1 fully saturated rings. The molecule has 0 saturated carbocycles. The standard InChI is InChI=1S/C13H20N2O2/c1-8-4-12(10(3)17-8)9(2)15-7-11(6-14)5-13(15)16/h4,9,11H,5-7,14H2,1-3H3. The largest absolute Gasteiger partial charge is 0.466 e. The molecule has 1 saturated heterocycles. The molecule has 2 heterocycles. The van der Waals surface area contributed by atoms with Gasteiger partial charge in [0.1, 0.15) is 11.5 Å². The highest BCUT2D eigenvalue weighted by Gasteiger charge is 2.33. The molecule has 0 radical (unpaired) electrons. The van der Waals surface area contributed by atoms with Gasteiger partial charge in [0.15, 0.2) is 0 Å². The smallest absolute Gasteiger partial charge is 0.223 e. The molecule has 0 bridgehead atoms. The zero-order valence-corrected chi connectivity index (χ0v) is 10.7. The van der Waals surface area contributed by atoms with E-state index in [0.717, 1.165) is 23.6 Å². The maximum atomic E-state index is 11.9. The van der Waals surface area contributed by atoms with Crippen LogP contribution >= 0.6 is 0 Å². The molecule has 2 rings (SSSR count). The predicted molar refractivity (Wildman–Crippen MR) is 65.5 cm³/mol. The lowest BCUT2D eigenvalue weighted by molar-refractivity contribution is -0.129. The Morgan fingerprint density at radius 2 is 2.29 bits per heavy atom. The second-order valence-electron chi connectivity index (χ2n) is 4.90. The van der Waals surface area contributed by atoms with E-state index < -0.39 is 0 Å². The Kier molecular flexibility index (Phi) is 3.24. The molecule has 2 N–H and O–H groups in total. The number of amides is 1. The van der Waals surface area contributed by atoms with Crippen molar-refractivity contribution in [3.05, 3.63) is 23.2 Å². The lowest BCUT2D eigenvalue weighted by atomic mass is 10.1. The third kappa shape index (κ3) is 2.22. The van der Waals surface area contributed by atoms with Gasteiger partial charge in [-0.1, -0.05) is 0 Å². The number of nitrogens with two attached hydrogens (primary N) is 1. The Morgan fingerprint density at radius 3 is 2.76 bits per heavy atom. The highest BCUT2D eigenvalue weighted by atomic mass is 16.3. The van der Waals surface area contributed by atoms with Crippen LogP contribution in [0.2, 0.25) is 0 Å². The van der Waals surface area contributed by atoms with E-state index in [0.29, 0.717) is 18.9 Å². The van der Waals surface area contributed by atoms with Crippen LogP contribution in [0.1, 0.15) is 36.5 Å². The van der Waals surface area contributed by atoms with Crippen LogP contribution in [0, 0.1) is 19.8 Å². The van der Waals surface area contributed by atoms with Crippen LogP contribution in [-0.2, 0) is 4.79 Å². The van der Waals surface area contributed by atoms with Gasteiger partial charge in [-0.15, -0.1) is 0 Å². The summed E-state index contributed by atoms with van der Waals surface area (Å²) in [6.07, 6.45) is 0.580. The minimum absolute atomic E-state index is 0.0801. The molecule has 0 spiro atoms. The zero-order chi connectivity index (χ0) is 12.6. The number of aryl methyl sites for hydroxylation is 2. The molecule has 2 unspecified atom stereocenters. The summed E-state index contributed by atoms with van der Waals surface area (Å²) >= 11 is 0. The van der Waals surface area contributed by atoms with Crippen LogP contribution in [-0.4, -0.2) is 23.9 Å². The minimum atomic E-state index is 0.0801. The molecule has 1 amide bonds. The van der Waals surface area contributed by atoms with Gasteiger partial charge in [0.25, 0.3) is 0 Å². The highest BCUT2D eigenvalue weighted by molar-refractivity contribution is 5.79. The third-order valence-electron chi connectivity index (χ3n) is 3.57. The van der Waals surface area contributed by atoms with E-state index in [1.54, 1.807) is 0 Å². The van der Waals surface area contributed by atoms with Crippen molar-refractivity contribution in [3.8, 4) is 0 Å². The normalized spacial score (nSPS) is 22.2. The van der Waals surface area contributed by atoms with Crippen molar-refractivity contribution >= 4 is 5.91 Å². The van der Waals surface area contributed by atoms with Gasteiger partial charge in [-0.3, -0.25) is 4.79 Å². The second kappa shape index (κ2) is 4.53. The number of nitrogens with zero attached hydrogens (tertiary/aromatic N) is 1. The van der Waals surface area contributed by atoms with E-state index in [1.807, 2.05) is 31.7 Å². The van der Waals surface area contributed by atoms with Crippen molar-refractivity contribution in [2.24, 2.45) is 11.7 Å². The molecule has 1 aliphatic heterocycles. The van der Waals surface area contributed by atoms with Gasteiger partial charge in [-0.25, -0.2) is 0 Å². The number of hydrogen-bond donors (Lipinski definition) is 1. The first-order valence-corrected chi connectivity index (χ1v) is 6.09. The summed E-state index contributed by atoms with van der Waals surface area (Å²) in [6, 6.07) is 2.10. The monoisotopic (exact) mass is 236 g/mol. The Morgan fingerprint density at radius 1 is 1.59 bits per heavy atom. The average molecular weight is 236 g/mol. The first-order valence-electron chi connectivity index (χ1n) is 6.09. The van der Waals surface area contributed by atoms with Crippen molar-refractivity contribution in [2.45, 2.75) is 33.2 Å². The summed E-state index contributed by atoms with van der Waals surface area (Å²) < 4.78 is 5.52. The molecule has 1 aromatic rings. The van der Waals surface area contributed by atoms with E-state index in [-0.39, 0.29) is 11.9 Å². The lowest BCUT2D eigenvalue weighted by Crippen LogP contribution is -2.29. The summed E-state index contributed by atoms with van der Waals surface area (Å²) in [7, 11) is 0. The quantitative estimate of drug-likeness (QED) is 0.870. The molecule has 0 aliphatic carbocycles. The van der Waals surface area contributed by atoms with Gasteiger partial charge in [-0.05, 0) is 39.3 Å². The van der Waals surface area contributed by atoms with Crippen molar-refractivity contribution in [1.82, 2.24) is 4.90 Å².